The second-order valence-corrected chi connectivity index (χ2v) is 5.60. The molecule has 0 radical (unpaired) electrons. The van der Waals surface area contributed by atoms with Crippen LogP contribution in [0.2, 0.25) is 0 Å². The molecule has 21 heavy (non-hydrogen) atoms. The molecule has 7 nitrogen and oxygen atoms in total. The number of β-amino-alcohol motifs (C(OH)–C–C–N with tert-alkyl or cyclic N) is 1. The maximum Gasteiger partial charge on any atom is 0.274 e. The normalized spacial score (nSPS) is 19.2. The smallest absolute Gasteiger partial charge is 0.274 e. The van der Waals surface area contributed by atoms with E-state index in [2.05, 4.69) is 4.98 Å². The predicted octanol–water partition coefficient (Wildman–Crippen LogP) is 1.75. The number of aromatic nitrogens is 2. The van der Waals surface area contributed by atoms with Crippen LogP contribution in [0.4, 0.5) is 11.6 Å². The van der Waals surface area contributed by atoms with E-state index in [9.17, 15) is 15.2 Å². The van der Waals surface area contributed by atoms with Gasteiger partial charge in [0.05, 0.1) is 22.1 Å². The number of piperidine rings is 1. The molecule has 7 heteroatoms. The number of hydrogen-bond acceptors (Lipinski definition) is 5. The van der Waals surface area contributed by atoms with Gasteiger partial charge in [-0.2, -0.15) is 0 Å². The number of hydrogen-bond donors (Lipinski definition) is 1. The molecule has 1 fully saturated rings. The molecule has 1 aromatic carbocycles. The molecule has 0 spiro atoms. The first kappa shape index (κ1) is 13.8. The van der Waals surface area contributed by atoms with E-state index in [1.807, 2.05) is 16.5 Å². The first-order valence-corrected chi connectivity index (χ1v) is 7.02. The van der Waals surface area contributed by atoms with E-state index >= 15 is 0 Å². The van der Waals surface area contributed by atoms with E-state index in [-0.39, 0.29) is 16.7 Å². The maximum absolute atomic E-state index is 11.0. The zero-order valence-electron chi connectivity index (χ0n) is 12.1. The Balaban J connectivity index is 2.08. The lowest BCUT2D eigenvalue weighted by atomic mass is 10.1. The summed E-state index contributed by atoms with van der Waals surface area (Å²) in [7, 11) is 1.90. The molecule has 1 unspecified atom stereocenters. The SMILES string of the molecule is Cc1cc2c(cc1[N+](=O)[O-])nc(N1CCCC(O)C1)n2C. The molecule has 0 bridgehead atoms. The second-order valence-electron chi connectivity index (χ2n) is 5.60. The Morgan fingerprint density at radius 1 is 1.48 bits per heavy atom. The number of nitro benzene ring substituents is 1. The number of imidazole rings is 1. The average molecular weight is 290 g/mol. The summed E-state index contributed by atoms with van der Waals surface area (Å²) in [6.45, 7) is 3.13. The molecule has 1 N–H and O–H groups in total. The van der Waals surface area contributed by atoms with Crippen LogP contribution in [-0.4, -0.2) is 38.8 Å². The van der Waals surface area contributed by atoms with Crippen molar-refractivity contribution in [3.8, 4) is 0 Å². The minimum absolute atomic E-state index is 0.0887. The van der Waals surface area contributed by atoms with Gasteiger partial charge in [0.1, 0.15) is 0 Å². The topological polar surface area (TPSA) is 84.4 Å². The number of nitro groups is 1. The van der Waals surface area contributed by atoms with E-state index in [1.54, 1.807) is 13.0 Å². The fourth-order valence-electron chi connectivity index (χ4n) is 2.93. The average Bonchev–Trinajstić information content (AvgIpc) is 2.75. The van der Waals surface area contributed by atoms with Gasteiger partial charge in [-0.3, -0.25) is 10.1 Å². The van der Waals surface area contributed by atoms with Gasteiger partial charge in [-0.05, 0) is 25.8 Å². The molecule has 1 saturated heterocycles. The van der Waals surface area contributed by atoms with Gasteiger partial charge in [0, 0.05) is 31.8 Å². The fraction of sp³-hybridized carbons (Fsp3) is 0.500. The number of anilines is 1. The van der Waals surface area contributed by atoms with E-state index in [1.165, 1.54) is 6.07 Å². The molecule has 1 aromatic heterocycles. The van der Waals surface area contributed by atoms with Crippen molar-refractivity contribution in [1.82, 2.24) is 9.55 Å². The quantitative estimate of drug-likeness (QED) is 0.673. The fourth-order valence-corrected chi connectivity index (χ4v) is 2.93. The Kier molecular flexibility index (Phi) is 3.29. The number of aliphatic hydroxyl groups is 1. The first-order chi connectivity index (χ1) is 9.97. The van der Waals surface area contributed by atoms with Crippen molar-refractivity contribution in [1.29, 1.82) is 0 Å². The molecule has 0 aliphatic carbocycles. The Labute approximate surface area is 122 Å². The van der Waals surface area contributed by atoms with Gasteiger partial charge < -0.3 is 14.6 Å². The van der Waals surface area contributed by atoms with E-state index in [4.69, 9.17) is 0 Å². The van der Waals surface area contributed by atoms with Crippen LogP contribution in [0.1, 0.15) is 18.4 Å². The van der Waals surface area contributed by atoms with Crippen LogP contribution in [0, 0.1) is 17.0 Å². The van der Waals surface area contributed by atoms with E-state index < -0.39 is 0 Å². The van der Waals surface area contributed by atoms with Crippen molar-refractivity contribution in [3.05, 3.63) is 27.8 Å². The van der Waals surface area contributed by atoms with Gasteiger partial charge in [-0.15, -0.1) is 0 Å². The number of fused-ring (bicyclic) bond motifs is 1. The number of benzene rings is 1. The second kappa shape index (κ2) is 5.00. The Bertz CT molecular complexity index is 710. The predicted molar refractivity (Wildman–Crippen MR) is 79.6 cm³/mol. The molecule has 112 valence electrons. The summed E-state index contributed by atoms with van der Waals surface area (Å²) in [5.41, 5.74) is 2.20. The largest absolute Gasteiger partial charge is 0.391 e. The van der Waals surface area contributed by atoms with Gasteiger partial charge in [0.15, 0.2) is 0 Å². The van der Waals surface area contributed by atoms with E-state index in [0.29, 0.717) is 17.6 Å². The number of rotatable bonds is 2. The van der Waals surface area contributed by atoms with Crippen molar-refractivity contribution >= 4 is 22.7 Å². The van der Waals surface area contributed by atoms with Crippen LogP contribution in [0.5, 0.6) is 0 Å². The lowest BCUT2D eigenvalue weighted by Crippen LogP contribution is -2.39. The summed E-state index contributed by atoms with van der Waals surface area (Å²) in [6, 6.07) is 3.32. The molecular weight excluding hydrogens is 272 g/mol. The molecule has 2 aromatic rings. The van der Waals surface area contributed by atoms with Crippen LogP contribution in [0.25, 0.3) is 11.0 Å². The van der Waals surface area contributed by atoms with Gasteiger partial charge in [-0.25, -0.2) is 4.98 Å². The Hall–Kier alpha value is -2.15. The summed E-state index contributed by atoms with van der Waals surface area (Å²) >= 11 is 0. The highest BCUT2D eigenvalue weighted by molar-refractivity contribution is 5.82. The molecule has 0 amide bonds. The third-order valence-electron chi connectivity index (χ3n) is 4.05. The molecule has 1 atom stereocenters. The highest BCUT2D eigenvalue weighted by Crippen LogP contribution is 2.29. The summed E-state index contributed by atoms with van der Waals surface area (Å²) in [6.07, 6.45) is 1.39. The van der Waals surface area contributed by atoms with Crippen molar-refractivity contribution < 1.29 is 10.0 Å². The summed E-state index contributed by atoms with van der Waals surface area (Å²) < 4.78 is 1.93. The van der Waals surface area contributed by atoms with Crippen LogP contribution in [0.3, 0.4) is 0 Å². The van der Waals surface area contributed by atoms with Crippen molar-refractivity contribution in [3.63, 3.8) is 0 Å². The number of aliphatic hydroxyl groups excluding tert-OH is 1. The maximum atomic E-state index is 11.0. The third-order valence-corrected chi connectivity index (χ3v) is 4.05. The van der Waals surface area contributed by atoms with Crippen LogP contribution >= 0.6 is 0 Å². The molecule has 0 saturated carbocycles. The molecule has 1 aliphatic heterocycles. The summed E-state index contributed by atoms with van der Waals surface area (Å²) in [5.74, 6) is 0.753. The standard InChI is InChI=1S/C14H18N4O3/c1-9-6-13-11(7-12(9)18(20)21)15-14(16(13)2)17-5-3-4-10(19)8-17/h6-7,10,19H,3-5,8H2,1-2H3. The third kappa shape index (κ3) is 2.33. The summed E-state index contributed by atoms with van der Waals surface area (Å²) in [5, 5.41) is 20.8. The monoisotopic (exact) mass is 290 g/mol. The highest BCUT2D eigenvalue weighted by atomic mass is 16.6. The highest BCUT2D eigenvalue weighted by Gasteiger charge is 2.23. The summed E-state index contributed by atoms with van der Waals surface area (Å²) in [4.78, 5) is 17.2. The van der Waals surface area contributed by atoms with Crippen LogP contribution in [0.15, 0.2) is 12.1 Å². The van der Waals surface area contributed by atoms with Crippen LogP contribution < -0.4 is 4.90 Å². The first-order valence-electron chi connectivity index (χ1n) is 7.02. The van der Waals surface area contributed by atoms with Gasteiger partial charge in [-0.1, -0.05) is 0 Å². The molecule has 3 rings (SSSR count). The van der Waals surface area contributed by atoms with Gasteiger partial charge in [0.2, 0.25) is 5.95 Å². The molecule has 1 aliphatic rings. The van der Waals surface area contributed by atoms with Gasteiger partial charge >= 0.3 is 0 Å². The van der Waals surface area contributed by atoms with Crippen LogP contribution in [-0.2, 0) is 7.05 Å². The molecule has 2 heterocycles. The lowest BCUT2D eigenvalue weighted by molar-refractivity contribution is -0.385. The van der Waals surface area contributed by atoms with Crippen molar-refractivity contribution in [2.75, 3.05) is 18.0 Å². The minimum Gasteiger partial charge on any atom is -0.391 e. The number of aryl methyl sites for hydroxylation is 2. The van der Waals surface area contributed by atoms with Crippen molar-refractivity contribution in [2.24, 2.45) is 7.05 Å². The number of nitrogens with zero attached hydrogens (tertiary/aromatic N) is 4. The molecular formula is C14H18N4O3. The Morgan fingerprint density at radius 2 is 2.24 bits per heavy atom. The lowest BCUT2D eigenvalue weighted by Gasteiger charge is -2.30. The minimum atomic E-state index is -0.381. The van der Waals surface area contributed by atoms with E-state index in [0.717, 1.165) is 30.9 Å². The zero-order chi connectivity index (χ0) is 15.1. The zero-order valence-corrected chi connectivity index (χ0v) is 12.1. The van der Waals surface area contributed by atoms with Gasteiger partial charge in [0.25, 0.3) is 5.69 Å². The van der Waals surface area contributed by atoms with Crippen molar-refractivity contribution in [2.45, 2.75) is 25.9 Å². The Morgan fingerprint density at radius 3 is 2.90 bits per heavy atom.